The first-order chi connectivity index (χ1) is 9.00. The molecule has 1 aromatic rings. The molecule has 0 aromatic heterocycles. The molecule has 19 heavy (non-hydrogen) atoms. The van der Waals surface area contributed by atoms with Crippen molar-refractivity contribution in [1.29, 1.82) is 0 Å². The minimum atomic E-state index is -1.52. The van der Waals surface area contributed by atoms with E-state index in [0.717, 1.165) is 12.1 Å². The van der Waals surface area contributed by atoms with Crippen LogP contribution in [0.2, 0.25) is 0 Å². The lowest BCUT2D eigenvalue weighted by molar-refractivity contribution is -0.122. The molecule has 1 amide bonds. The fourth-order valence-electron chi connectivity index (χ4n) is 2.05. The highest BCUT2D eigenvalue weighted by Gasteiger charge is 2.48. The van der Waals surface area contributed by atoms with Crippen LogP contribution in [0.4, 0.5) is 13.2 Å². The lowest BCUT2D eigenvalue weighted by Crippen LogP contribution is -2.35. The van der Waals surface area contributed by atoms with Gasteiger partial charge < -0.3 is 10.4 Å². The zero-order valence-corrected chi connectivity index (χ0v) is 10.2. The number of carbonyl (C=O) groups excluding carboxylic acids is 1. The average Bonchev–Trinajstić information content (AvgIpc) is 3.14. The first kappa shape index (κ1) is 13.9. The highest BCUT2D eigenvalue weighted by Crippen LogP contribution is 2.47. The summed E-state index contributed by atoms with van der Waals surface area (Å²) in [5.41, 5.74) is -0.950. The number of rotatable bonds is 5. The van der Waals surface area contributed by atoms with E-state index in [1.807, 2.05) is 0 Å². The summed E-state index contributed by atoms with van der Waals surface area (Å²) in [4.78, 5) is 11.6. The molecule has 0 atom stereocenters. The number of halogens is 3. The van der Waals surface area contributed by atoms with E-state index in [2.05, 4.69) is 5.32 Å². The van der Waals surface area contributed by atoms with Crippen molar-refractivity contribution in [3.63, 3.8) is 0 Å². The third-order valence-corrected chi connectivity index (χ3v) is 3.24. The van der Waals surface area contributed by atoms with Crippen LogP contribution in [0.15, 0.2) is 12.1 Å². The van der Waals surface area contributed by atoms with E-state index in [4.69, 9.17) is 5.11 Å². The minimum Gasteiger partial charge on any atom is -0.396 e. The van der Waals surface area contributed by atoms with Crippen LogP contribution in [0.5, 0.6) is 0 Å². The molecule has 0 unspecified atom stereocenters. The molecule has 104 valence electrons. The van der Waals surface area contributed by atoms with E-state index < -0.39 is 23.0 Å². The summed E-state index contributed by atoms with van der Waals surface area (Å²) in [6, 6.07) is 2.01. The topological polar surface area (TPSA) is 49.3 Å². The zero-order valence-electron chi connectivity index (χ0n) is 10.2. The Hall–Kier alpha value is -1.56. The van der Waals surface area contributed by atoms with Crippen molar-refractivity contribution in [2.45, 2.75) is 31.2 Å². The van der Waals surface area contributed by atoms with Gasteiger partial charge in [0.25, 0.3) is 0 Å². The van der Waals surface area contributed by atoms with Crippen molar-refractivity contribution in [3.05, 3.63) is 35.1 Å². The molecule has 1 fully saturated rings. The Labute approximate surface area is 108 Å². The third-order valence-electron chi connectivity index (χ3n) is 3.24. The second-order valence-electron chi connectivity index (χ2n) is 4.68. The van der Waals surface area contributed by atoms with Crippen LogP contribution in [0.1, 0.15) is 31.2 Å². The highest BCUT2D eigenvalue weighted by atomic mass is 19.2. The summed E-state index contributed by atoms with van der Waals surface area (Å²) in [6.07, 6.45) is 1.39. The van der Waals surface area contributed by atoms with Crippen LogP contribution >= 0.6 is 0 Å². The lowest BCUT2D eigenvalue weighted by Gasteiger charge is -2.19. The first-order valence-electron chi connectivity index (χ1n) is 6.06. The number of nitrogens with one attached hydrogen (secondary N) is 1. The van der Waals surface area contributed by atoms with Crippen LogP contribution in [-0.4, -0.2) is 17.6 Å². The molecular formula is C13H14F3NO2. The Morgan fingerprint density at radius 3 is 2.53 bits per heavy atom. The van der Waals surface area contributed by atoms with Crippen LogP contribution < -0.4 is 5.32 Å². The average molecular weight is 273 g/mol. The van der Waals surface area contributed by atoms with E-state index in [9.17, 15) is 18.0 Å². The van der Waals surface area contributed by atoms with Gasteiger partial charge in [0.2, 0.25) is 5.91 Å². The van der Waals surface area contributed by atoms with Gasteiger partial charge in [-0.05, 0) is 25.3 Å². The molecule has 0 radical (unpaired) electrons. The molecule has 3 nitrogen and oxygen atoms in total. The standard InChI is InChI=1S/C13H14F3NO2/c14-9-4-3-8(11(15)12(9)16)13(5-6-13)17-10(19)2-1-7-18/h3-4,18H,1-2,5-7H2,(H,17,19). The maximum absolute atomic E-state index is 13.7. The zero-order chi connectivity index (χ0) is 14.0. The Bertz CT molecular complexity index is 501. The highest BCUT2D eigenvalue weighted by molar-refractivity contribution is 5.77. The number of benzene rings is 1. The lowest BCUT2D eigenvalue weighted by atomic mass is 10.0. The van der Waals surface area contributed by atoms with Crippen LogP contribution in [0, 0.1) is 17.5 Å². The van der Waals surface area contributed by atoms with Gasteiger partial charge in [-0.3, -0.25) is 4.79 Å². The van der Waals surface area contributed by atoms with E-state index >= 15 is 0 Å². The Morgan fingerprint density at radius 2 is 1.95 bits per heavy atom. The van der Waals surface area contributed by atoms with Crippen LogP contribution in [0.3, 0.4) is 0 Å². The molecule has 0 aliphatic heterocycles. The summed E-state index contributed by atoms with van der Waals surface area (Å²) in [5.74, 6) is -4.35. The van der Waals surface area contributed by atoms with Gasteiger partial charge in [0.15, 0.2) is 17.5 Å². The maximum atomic E-state index is 13.7. The van der Waals surface area contributed by atoms with Gasteiger partial charge in [0, 0.05) is 18.6 Å². The predicted octanol–water partition coefficient (Wildman–Crippen LogP) is 1.98. The number of hydrogen-bond acceptors (Lipinski definition) is 2. The summed E-state index contributed by atoms with van der Waals surface area (Å²) in [6.45, 7) is -0.111. The molecule has 0 saturated heterocycles. The molecular weight excluding hydrogens is 259 g/mol. The van der Waals surface area contributed by atoms with Gasteiger partial charge in [-0.25, -0.2) is 13.2 Å². The van der Waals surface area contributed by atoms with Crippen molar-refractivity contribution in [2.75, 3.05) is 6.61 Å². The van der Waals surface area contributed by atoms with Gasteiger partial charge in [0.1, 0.15) is 0 Å². The molecule has 0 bridgehead atoms. The molecule has 1 saturated carbocycles. The monoisotopic (exact) mass is 273 g/mol. The summed E-state index contributed by atoms with van der Waals surface area (Å²) >= 11 is 0. The summed E-state index contributed by atoms with van der Waals surface area (Å²) in [7, 11) is 0. The molecule has 0 spiro atoms. The molecule has 6 heteroatoms. The van der Waals surface area contributed by atoms with Crippen molar-refractivity contribution < 1.29 is 23.1 Å². The predicted molar refractivity (Wildman–Crippen MR) is 61.7 cm³/mol. The first-order valence-corrected chi connectivity index (χ1v) is 6.06. The maximum Gasteiger partial charge on any atom is 0.220 e. The van der Waals surface area contributed by atoms with Crippen molar-refractivity contribution in [3.8, 4) is 0 Å². The number of aliphatic hydroxyl groups excluding tert-OH is 1. The number of amides is 1. The van der Waals surface area contributed by atoms with Crippen molar-refractivity contribution in [1.82, 2.24) is 5.32 Å². The Balaban J connectivity index is 2.17. The number of aliphatic hydroxyl groups is 1. The van der Waals surface area contributed by atoms with Gasteiger partial charge in [0.05, 0.1) is 5.54 Å². The van der Waals surface area contributed by atoms with Crippen molar-refractivity contribution >= 4 is 5.91 Å². The quantitative estimate of drug-likeness (QED) is 0.806. The second-order valence-corrected chi connectivity index (χ2v) is 4.68. The number of carbonyl (C=O) groups is 1. The Kier molecular flexibility index (Phi) is 3.80. The fourth-order valence-corrected chi connectivity index (χ4v) is 2.05. The Morgan fingerprint density at radius 1 is 1.26 bits per heavy atom. The van der Waals surface area contributed by atoms with E-state index in [0.29, 0.717) is 19.3 Å². The van der Waals surface area contributed by atoms with Gasteiger partial charge in [-0.1, -0.05) is 6.07 Å². The second kappa shape index (κ2) is 5.21. The normalized spacial score (nSPS) is 16.2. The largest absolute Gasteiger partial charge is 0.396 e. The van der Waals surface area contributed by atoms with Gasteiger partial charge in [-0.2, -0.15) is 0 Å². The van der Waals surface area contributed by atoms with E-state index in [1.165, 1.54) is 0 Å². The van der Waals surface area contributed by atoms with E-state index in [-0.39, 0.29) is 24.5 Å². The summed E-state index contributed by atoms with van der Waals surface area (Å²) < 4.78 is 39.8. The minimum absolute atomic E-state index is 0.0243. The summed E-state index contributed by atoms with van der Waals surface area (Å²) in [5, 5.41) is 11.3. The fraction of sp³-hybridized carbons (Fsp3) is 0.462. The van der Waals surface area contributed by atoms with Gasteiger partial charge >= 0.3 is 0 Å². The third kappa shape index (κ3) is 2.73. The molecule has 2 rings (SSSR count). The molecule has 1 aliphatic rings. The van der Waals surface area contributed by atoms with Crippen LogP contribution in [0.25, 0.3) is 0 Å². The molecule has 2 N–H and O–H groups in total. The van der Waals surface area contributed by atoms with Crippen LogP contribution in [-0.2, 0) is 10.3 Å². The van der Waals surface area contributed by atoms with Crippen molar-refractivity contribution in [2.24, 2.45) is 0 Å². The molecule has 1 aromatic carbocycles. The molecule has 0 heterocycles. The number of hydrogen-bond donors (Lipinski definition) is 2. The molecule has 1 aliphatic carbocycles. The smallest absolute Gasteiger partial charge is 0.220 e. The van der Waals surface area contributed by atoms with E-state index in [1.54, 1.807) is 0 Å². The SMILES string of the molecule is O=C(CCCO)NC1(c2ccc(F)c(F)c2F)CC1. The van der Waals surface area contributed by atoms with Gasteiger partial charge in [-0.15, -0.1) is 0 Å².